The number of carbonyl (C=O) groups is 2. The summed E-state index contributed by atoms with van der Waals surface area (Å²) in [7, 11) is 0. The zero-order valence-corrected chi connectivity index (χ0v) is 18.2. The molecule has 1 aromatic heterocycles. The number of halogens is 2. The quantitative estimate of drug-likeness (QED) is 0.211. The van der Waals surface area contributed by atoms with Gasteiger partial charge in [0.25, 0.3) is 11.8 Å². The molecule has 0 radical (unpaired) electrons. The first-order valence-electron chi connectivity index (χ1n) is 9.69. The van der Waals surface area contributed by atoms with Crippen LogP contribution in [-0.2, 0) is 9.59 Å². The van der Waals surface area contributed by atoms with Crippen LogP contribution in [0.2, 0.25) is 10.0 Å². The van der Waals surface area contributed by atoms with E-state index in [1.54, 1.807) is 60.8 Å². The molecule has 4 rings (SSSR count). The Bertz CT molecular complexity index is 1290. The molecule has 3 aromatic carbocycles. The number of fused-ring (bicyclic) bond motifs is 1. The van der Waals surface area contributed by atoms with Crippen LogP contribution in [-0.4, -0.2) is 16.8 Å². The molecule has 5 nitrogen and oxygen atoms in total. The van der Waals surface area contributed by atoms with E-state index in [-0.39, 0.29) is 5.57 Å². The Morgan fingerprint density at radius 1 is 0.750 bits per heavy atom. The van der Waals surface area contributed by atoms with Crippen molar-refractivity contribution in [3.05, 3.63) is 106 Å². The maximum Gasteiger partial charge on any atom is 0.261 e. The van der Waals surface area contributed by atoms with Gasteiger partial charge in [-0.2, -0.15) is 0 Å². The van der Waals surface area contributed by atoms with E-state index in [2.05, 4.69) is 15.6 Å². The first-order valence-corrected chi connectivity index (χ1v) is 10.4. The van der Waals surface area contributed by atoms with Gasteiger partial charge >= 0.3 is 0 Å². The molecule has 0 fully saturated rings. The molecule has 2 amide bonds. The molecular weight excluding hydrogens is 445 g/mol. The van der Waals surface area contributed by atoms with Gasteiger partial charge in [0.2, 0.25) is 0 Å². The van der Waals surface area contributed by atoms with Crippen molar-refractivity contribution in [1.82, 2.24) is 4.98 Å². The lowest BCUT2D eigenvalue weighted by Crippen LogP contribution is -2.25. The number of hydrogen-bond acceptors (Lipinski definition) is 3. The first-order chi connectivity index (χ1) is 15.5. The van der Waals surface area contributed by atoms with Crippen LogP contribution in [0.5, 0.6) is 0 Å². The molecular formula is C25H17Cl2N3O2. The van der Waals surface area contributed by atoms with Crippen molar-refractivity contribution in [3.8, 4) is 0 Å². The Labute approximate surface area is 194 Å². The van der Waals surface area contributed by atoms with Gasteiger partial charge in [-0.25, -0.2) is 0 Å². The van der Waals surface area contributed by atoms with Gasteiger partial charge < -0.3 is 10.6 Å². The van der Waals surface area contributed by atoms with Crippen molar-refractivity contribution < 1.29 is 9.59 Å². The maximum atomic E-state index is 13.1. The van der Waals surface area contributed by atoms with Crippen molar-refractivity contribution in [1.29, 1.82) is 0 Å². The lowest BCUT2D eigenvalue weighted by atomic mass is 10.1. The first kappa shape index (κ1) is 21.6. The van der Waals surface area contributed by atoms with Crippen LogP contribution in [0.4, 0.5) is 11.4 Å². The molecule has 0 bridgehead atoms. The van der Waals surface area contributed by atoms with E-state index in [1.807, 2.05) is 24.3 Å². The zero-order valence-electron chi connectivity index (χ0n) is 16.7. The van der Waals surface area contributed by atoms with Crippen molar-refractivity contribution in [2.24, 2.45) is 0 Å². The molecule has 158 valence electrons. The van der Waals surface area contributed by atoms with E-state index in [0.29, 0.717) is 27.0 Å². The SMILES string of the molecule is O=C(Nc1ccccc1Cl)C(=Cc1ccc2ncccc2c1)C(=O)Nc1ccccc1Cl. The summed E-state index contributed by atoms with van der Waals surface area (Å²) in [6, 6.07) is 22.8. The zero-order chi connectivity index (χ0) is 22.5. The van der Waals surface area contributed by atoms with Crippen molar-refractivity contribution in [3.63, 3.8) is 0 Å². The fourth-order valence-electron chi connectivity index (χ4n) is 3.09. The number of carbonyl (C=O) groups excluding carboxylic acids is 2. The Morgan fingerprint density at radius 3 is 1.94 bits per heavy atom. The van der Waals surface area contributed by atoms with Gasteiger partial charge in [0.05, 0.1) is 26.9 Å². The highest BCUT2D eigenvalue weighted by Crippen LogP contribution is 2.24. The van der Waals surface area contributed by atoms with E-state index >= 15 is 0 Å². The minimum atomic E-state index is -0.603. The third kappa shape index (κ3) is 4.97. The lowest BCUT2D eigenvalue weighted by Gasteiger charge is -2.12. The molecule has 1 heterocycles. The second kappa shape index (κ2) is 9.64. The van der Waals surface area contributed by atoms with Gasteiger partial charge in [-0.05, 0) is 54.1 Å². The molecule has 32 heavy (non-hydrogen) atoms. The monoisotopic (exact) mass is 461 g/mol. The molecule has 0 aliphatic rings. The fourth-order valence-corrected chi connectivity index (χ4v) is 3.46. The number of nitrogens with one attached hydrogen (secondary N) is 2. The number of hydrogen-bond donors (Lipinski definition) is 2. The molecule has 0 spiro atoms. The predicted molar refractivity (Wildman–Crippen MR) is 130 cm³/mol. The van der Waals surface area contributed by atoms with Gasteiger partial charge in [0.1, 0.15) is 5.57 Å². The Balaban J connectivity index is 1.71. The Kier molecular flexibility index (Phi) is 6.50. The number of benzene rings is 3. The van der Waals surface area contributed by atoms with E-state index in [9.17, 15) is 9.59 Å². The molecule has 0 unspecified atom stereocenters. The molecule has 2 N–H and O–H groups in total. The van der Waals surface area contributed by atoms with Gasteiger partial charge in [0.15, 0.2) is 0 Å². The molecule has 0 atom stereocenters. The molecule has 7 heteroatoms. The van der Waals surface area contributed by atoms with E-state index in [1.165, 1.54) is 6.08 Å². The Hall–Kier alpha value is -3.67. The van der Waals surface area contributed by atoms with E-state index < -0.39 is 11.8 Å². The number of nitrogens with zero attached hydrogens (tertiary/aromatic N) is 1. The highest BCUT2D eigenvalue weighted by atomic mass is 35.5. The van der Waals surface area contributed by atoms with Crippen molar-refractivity contribution in [2.45, 2.75) is 0 Å². The summed E-state index contributed by atoms with van der Waals surface area (Å²) in [6.45, 7) is 0. The van der Waals surface area contributed by atoms with E-state index in [0.717, 1.165) is 10.9 Å². The molecule has 0 saturated heterocycles. The lowest BCUT2D eigenvalue weighted by molar-refractivity contribution is -0.118. The maximum absolute atomic E-state index is 13.1. The average Bonchev–Trinajstić information content (AvgIpc) is 2.80. The predicted octanol–water partition coefficient (Wildman–Crippen LogP) is 6.20. The molecule has 0 saturated carbocycles. The number of rotatable bonds is 5. The second-order valence-electron chi connectivity index (χ2n) is 6.88. The largest absolute Gasteiger partial charge is 0.320 e. The summed E-state index contributed by atoms with van der Waals surface area (Å²) in [4.78, 5) is 30.5. The minimum absolute atomic E-state index is 0.104. The number of pyridine rings is 1. The van der Waals surface area contributed by atoms with Crippen LogP contribution in [0.1, 0.15) is 5.56 Å². The summed E-state index contributed by atoms with van der Waals surface area (Å²) >= 11 is 12.3. The average molecular weight is 462 g/mol. The third-order valence-corrected chi connectivity index (χ3v) is 5.33. The summed E-state index contributed by atoms with van der Waals surface area (Å²) < 4.78 is 0. The molecule has 0 aliphatic heterocycles. The molecule has 4 aromatic rings. The highest BCUT2D eigenvalue weighted by Gasteiger charge is 2.20. The summed E-state index contributed by atoms with van der Waals surface area (Å²) in [5, 5.41) is 7.02. The number of para-hydroxylation sites is 2. The highest BCUT2D eigenvalue weighted by molar-refractivity contribution is 6.36. The van der Waals surface area contributed by atoms with E-state index in [4.69, 9.17) is 23.2 Å². The molecule has 0 aliphatic carbocycles. The smallest absolute Gasteiger partial charge is 0.261 e. The van der Waals surface area contributed by atoms with Gasteiger partial charge in [-0.3, -0.25) is 14.6 Å². The van der Waals surface area contributed by atoms with Crippen molar-refractivity contribution >= 4 is 63.4 Å². The standard InChI is InChI=1S/C25H17Cl2N3O2/c26-19-7-1-3-9-22(19)29-24(31)18(25(32)30-23-10-4-2-8-20(23)27)15-16-11-12-21-17(14-16)6-5-13-28-21/h1-15H,(H,29,31)(H,30,32). The third-order valence-electron chi connectivity index (χ3n) is 4.67. The van der Waals surface area contributed by atoms with Crippen LogP contribution in [0.3, 0.4) is 0 Å². The number of anilines is 2. The van der Waals surface area contributed by atoms with Crippen molar-refractivity contribution in [2.75, 3.05) is 10.6 Å². The normalized spacial score (nSPS) is 10.4. The van der Waals surface area contributed by atoms with Gasteiger partial charge in [-0.1, -0.05) is 59.6 Å². The minimum Gasteiger partial charge on any atom is -0.320 e. The van der Waals surface area contributed by atoms with Crippen LogP contribution in [0.15, 0.2) is 90.6 Å². The van der Waals surface area contributed by atoms with Gasteiger partial charge in [0, 0.05) is 11.6 Å². The summed E-state index contributed by atoms with van der Waals surface area (Å²) in [6.07, 6.45) is 3.22. The summed E-state index contributed by atoms with van der Waals surface area (Å²) in [5.74, 6) is -1.21. The number of amides is 2. The van der Waals surface area contributed by atoms with Crippen LogP contribution in [0, 0.1) is 0 Å². The second-order valence-corrected chi connectivity index (χ2v) is 7.70. The van der Waals surface area contributed by atoms with Crippen LogP contribution < -0.4 is 10.6 Å². The summed E-state index contributed by atoms with van der Waals surface area (Å²) in [5.41, 5.74) is 2.18. The van der Waals surface area contributed by atoms with Crippen LogP contribution in [0.25, 0.3) is 17.0 Å². The topological polar surface area (TPSA) is 71.1 Å². The van der Waals surface area contributed by atoms with Gasteiger partial charge in [-0.15, -0.1) is 0 Å². The fraction of sp³-hybridized carbons (Fsp3) is 0. The van der Waals surface area contributed by atoms with Crippen LogP contribution >= 0.6 is 23.2 Å². The Morgan fingerprint density at radius 2 is 1.34 bits per heavy atom. The number of aromatic nitrogens is 1.